The van der Waals surface area contributed by atoms with Gasteiger partial charge in [-0.25, -0.2) is 0 Å². The lowest BCUT2D eigenvalue weighted by atomic mass is 10.3. The molecule has 0 radical (unpaired) electrons. The molecule has 0 unspecified atom stereocenters. The van der Waals surface area contributed by atoms with Crippen molar-refractivity contribution in [2.75, 3.05) is 10.6 Å². The number of hydrogen-bond acceptors (Lipinski definition) is 3. The molecule has 0 heterocycles. The van der Waals surface area contributed by atoms with Gasteiger partial charge in [-0.1, -0.05) is 60.3 Å². The molecule has 3 aromatic rings. The van der Waals surface area contributed by atoms with E-state index in [4.69, 9.17) is 0 Å². The zero-order chi connectivity index (χ0) is 17.5. The van der Waals surface area contributed by atoms with Crippen LogP contribution >= 0.6 is 11.8 Å². The molecular weight excluding hydrogens is 332 g/mol. The first kappa shape index (κ1) is 16.8. The highest BCUT2D eigenvalue weighted by molar-refractivity contribution is 7.99. The Balaban J connectivity index is 1.70. The molecule has 0 saturated heterocycles. The molecule has 0 aliphatic carbocycles. The largest absolute Gasteiger partial charge is 0.318 e. The first-order valence-electron chi connectivity index (χ1n) is 7.72. The Kier molecular flexibility index (Phi) is 5.49. The summed E-state index contributed by atoms with van der Waals surface area (Å²) >= 11 is 1.53. The van der Waals surface area contributed by atoms with Crippen LogP contribution < -0.4 is 10.6 Å². The van der Waals surface area contributed by atoms with Gasteiger partial charge in [0, 0.05) is 15.5 Å². The molecule has 4 nitrogen and oxygen atoms in total. The number of para-hydroxylation sites is 2. The van der Waals surface area contributed by atoms with E-state index in [2.05, 4.69) is 10.6 Å². The fourth-order valence-electron chi connectivity index (χ4n) is 2.16. The van der Waals surface area contributed by atoms with E-state index >= 15 is 0 Å². The highest BCUT2D eigenvalue weighted by atomic mass is 32.2. The number of carbonyl (C=O) groups excluding carboxylic acids is 2. The Morgan fingerprint density at radius 2 is 1.20 bits per heavy atom. The third-order valence-corrected chi connectivity index (χ3v) is 4.43. The van der Waals surface area contributed by atoms with Crippen molar-refractivity contribution in [1.29, 1.82) is 0 Å². The number of benzene rings is 3. The molecule has 0 spiro atoms. The summed E-state index contributed by atoms with van der Waals surface area (Å²) in [5, 5.41) is 5.25. The van der Waals surface area contributed by atoms with Crippen molar-refractivity contribution >= 4 is 35.0 Å². The highest BCUT2D eigenvalue weighted by Gasteiger charge is 2.15. The van der Waals surface area contributed by atoms with Gasteiger partial charge in [0.25, 0.3) is 0 Å². The van der Waals surface area contributed by atoms with Crippen LogP contribution in [0.1, 0.15) is 0 Å². The van der Waals surface area contributed by atoms with E-state index in [-0.39, 0.29) is 0 Å². The van der Waals surface area contributed by atoms with Crippen LogP contribution in [0.4, 0.5) is 11.4 Å². The molecule has 2 amide bonds. The summed E-state index contributed by atoms with van der Waals surface area (Å²) in [5.41, 5.74) is 1.18. The maximum absolute atomic E-state index is 12.2. The van der Waals surface area contributed by atoms with Gasteiger partial charge in [-0.05, 0) is 36.4 Å². The van der Waals surface area contributed by atoms with Crippen LogP contribution in [0, 0.1) is 0 Å². The second-order valence-electron chi connectivity index (χ2n) is 5.19. The van der Waals surface area contributed by atoms with E-state index in [9.17, 15) is 9.59 Å². The average molecular weight is 348 g/mol. The van der Waals surface area contributed by atoms with Crippen molar-refractivity contribution < 1.29 is 9.59 Å². The molecule has 0 aliphatic rings. The maximum Gasteiger partial charge on any atom is 0.314 e. The number of rotatable bonds is 4. The van der Waals surface area contributed by atoms with Gasteiger partial charge in [0.05, 0.1) is 5.69 Å². The van der Waals surface area contributed by atoms with Gasteiger partial charge in [0.1, 0.15) is 0 Å². The van der Waals surface area contributed by atoms with Crippen molar-refractivity contribution in [3.8, 4) is 0 Å². The lowest BCUT2D eigenvalue weighted by molar-refractivity contribution is -0.133. The SMILES string of the molecule is O=C(Nc1ccccc1)C(=O)Nc1ccccc1Sc1ccccc1. The van der Waals surface area contributed by atoms with E-state index in [0.29, 0.717) is 11.4 Å². The predicted octanol–water partition coefficient (Wildman–Crippen LogP) is 4.42. The molecule has 124 valence electrons. The highest BCUT2D eigenvalue weighted by Crippen LogP contribution is 2.33. The minimum absolute atomic E-state index is 0.578. The molecule has 3 aromatic carbocycles. The third kappa shape index (κ3) is 4.71. The first-order chi connectivity index (χ1) is 12.2. The Bertz CT molecular complexity index is 867. The van der Waals surface area contributed by atoms with Gasteiger partial charge in [0.15, 0.2) is 0 Å². The van der Waals surface area contributed by atoms with E-state index < -0.39 is 11.8 Å². The van der Waals surface area contributed by atoms with Gasteiger partial charge >= 0.3 is 11.8 Å². The normalized spacial score (nSPS) is 10.1. The summed E-state index contributed by atoms with van der Waals surface area (Å²) in [7, 11) is 0. The molecular formula is C20H16N2O2S. The van der Waals surface area contributed by atoms with Crippen LogP contribution in [0.5, 0.6) is 0 Å². The van der Waals surface area contributed by atoms with Crippen molar-refractivity contribution in [3.05, 3.63) is 84.9 Å². The Morgan fingerprint density at radius 1 is 0.640 bits per heavy atom. The zero-order valence-electron chi connectivity index (χ0n) is 13.3. The topological polar surface area (TPSA) is 58.2 Å². The van der Waals surface area contributed by atoms with E-state index in [1.165, 1.54) is 11.8 Å². The molecule has 3 rings (SSSR count). The van der Waals surface area contributed by atoms with Gasteiger partial charge in [-0.3, -0.25) is 9.59 Å². The fraction of sp³-hybridized carbons (Fsp3) is 0. The Labute approximate surface area is 150 Å². The fourth-order valence-corrected chi connectivity index (χ4v) is 3.09. The third-order valence-electron chi connectivity index (χ3n) is 3.34. The lowest BCUT2D eigenvalue weighted by Gasteiger charge is -2.11. The van der Waals surface area contributed by atoms with E-state index in [0.717, 1.165) is 9.79 Å². The van der Waals surface area contributed by atoms with Crippen molar-refractivity contribution in [2.45, 2.75) is 9.79 Å². The molecule has 2 N–H and O–H groups in total. The number of nitrogens with one attached hydrogen (secondary N) is 2. The van der Waals surface area contributed by atoms with Crippen LogP contribution in [0.3, 0.4) is 0 Å². The molecule has 0 bridgehead atoms. The summed E-state index contributed by atoms with van der Waals surface area (Å²) in [6.07, 6.45) is 0. The minimum atomic E-state index is -0.704. The smallest absolute Gasteiger partial charge is 0.314 e. The number of carbonyl (C=O) groups is 2. The van der Waals surface area contributed by atoms with E-state index in [1.54, 1.807) is 30.3 Å². The summed E-state index contributed by atoms with van der Waals surface area (Å²) in [6, 6.07) is 26.1. The van der Waals surface area contributed by atoms with Crippen molar-refractivity contribution in [3.63, 3.8) is 0 Å². The molecule has 0 atom stereocenters. The summed E-state index contributed by atoms with van der Waals surface area (Å²) < 4.78 is 0. The molecule has 0 aliphatic heterocycles. The molecule has 0 fully saturated rings. The maximum atomic E-state index is 12.2. The van der Waals surface area contributed by atoms with Crippen LogP contribution in [0.2, 0.25) is 0 Å². The van der Waals surface area contributed by atoms with Gasteiger partial charge in [0.2, 0.25) is 0 Å². The van der Waals surface area contributed by atoms with Crippen LogP contribution in [-0.4, -0.2) is 11.8 Å². The number of anilines is 2. The molecule has 0 aromatic heterocycles. The van der Waals surface area contributed by atoms with Gasteiger partial charge in [-0.15, -0.1) is 0 Å². The first-order valence-corrected chi connectivity index (χ1v) is 8.53. The Morgan fingerprint density at radius 3 is 1.92 bits per heavy atom. The Hall–Kier alpha value is -3.05. The van der Waals surface area contributed by atoms with Crippen LogP contribution in [0.15, 0.2) is 94.7 Å². The molecule has 25 heavy (non-hydrogen) atoms. The lowest BCUT2D eigenvalue weighted by Crippen LogP contribution is -2.29. The van der Waals surface area contributed by atoms with Crippen LogP contribution in [0.25, 0.3) is 0 Å². The number of hydrogen-bond donors (Lipinski definition) is 2. The van der Waals surface area contributed by atoms with E-state index in [1.807, 2.05) is 54.6 Å². The minimum Gasteiger partial charge on any atom is -0.318 e. The standard InChI is InChI=1S/C20H16N2O2S/c23-19(21-15-9-3-1-4-10-15)20(24)22-17-13-7-8-14-18(17)25-16-11-5-2-6-12-16/h1-14H,(H,21,23)(H,22,24). The van der Waals surface area contributed by atoms with Gasteiger partial charge in [-0.2, -0.15) is 0 Å². The molecule has 0 saturated carbocycles. The quantitative estimate of drug-likeness (QED) is 0.687. The van der Waals surface area contributed by atoms with Gasteiger partial charge < -0.3 is 10.6 Å². The second-order valence-corrected chi connectivity index (χ2v) is 6.30. The second kappa shape index (κ2) is 8.17. The monoisotopic (exact) mass is 348 g/mol. The zero-order valence-corrected chi connectivity index (χ0v) is 14.1. The molecule has 5 heteroatoms. The van der Waals surface area contributed by atoms with Crippen molar-refractivity contribution in [2.24, 2.45) is 0 Å². The predicted molar refractivity (Wildman–Crippen MR) is 101 cm³/mol. The summed E-state index contributed by atoms with van der Waals surface area (Å²) in [6.45, 7) is 0. The van der Waals surface area contributed by atoms with Crippen LogP contribution in [-0.2, 0) is 9.59 Å². The number of amides is 2. The van der Waals surface area contributed by atoms with Crippen molar-refractivity contribution in [1.82, 2.24) is 0 Å². The average Bonchev–Trinajstić information content (AvgIpc) is 2.65. The summed E-state index contributed by atoms with van der Waals surface area (Å²) in [4.78, 5) is 26.2. The summed E-state index contributed by atoms with van der Waals surface area (Å²) in [5.74, 6) is -1.41.